The third kappa shape index (κ3) is 3.45. The summed E-state index contributed by atoms with van der Waals surface area (Å²) < 4.78 is 0. The van der Waals surface area contributed by atoms with E-state index in [0.717, 1.165) is 10.6 Å². The molecule has 100 valence electrons. The number of thiazole rings is 1. The Morgan fingerprint density at radius 3 is 2.95 bits per heavy atom. The Labute approximate surface area is 120 Å². The summed E-state index contributed by atoms with van der Waals surface area (Å²) in [5.41, 5.74) is 2.53. The number of carboxylic acids is 1. The molecule has 0 radical (unpaired) electrons. The normalized spacial score (nSPS) is 12.1. The summed E-state index contributed by atoms with van der Waals surface area (Å²) >= 11 is 7.48. The third-order valence-electron chi connectivity index (χ3n) is 2.78. The lowest BCUT2D eigenvalue weighted by Gasteiger charge is -2.29. The first-order valence-corrected chi connectivity index (χ1v) is 6.96. The fourth-order valence-electron chi connectivity index (χ4n) is 1.84. The van der Waals surface area contributed by atoms with Crippen molar-refractivity contribution in [1.29, 1.82) is 0 Å². The summed E-state index contributed by atoms with van der Waals surface area (Å²) in [6.45, 7) is 1.87. The summed E-state index contributed by atoms with van der Waals surface area (Å²) in [5, 5.41) is 9.66. The summed E-state index contributed by atoms with van der Waals surface area (Å²) in [4.78, 5) is 17.9. The molecule has 2 rings (SSSR count). The summed E-state index contributed by atoms with van der Waals surface area (Å²) in [6.07, 6.45) is 1.76. The predicted octanol–water partition coefficient (Wildman–Crippen LogP) is 3.45. The number of aromatic nitrogens is 1. The van der Waals surface area contributed by atoms with Crippen molar-refractivity contribution in [2.24, 2.45) is 0 Å². The lowest BCUT2D eigenvalue weighted by Crippen LogP contribution is -2.32. The lowest BCUT2D eigenvalue weighted by atomic mass is 10.2. The maximum absolute atomic E-state index is 11.1. The van der Waals surface area contributed by atoms with Gasteiger partial charge < -0.3 is 10.0 Å². The molecular weight excluding hydrogens is 284 g/mol. The highest BCUT2D eigenvalue weighted by atomic mass is 35.5. The van der Waals surface area contributed by atoms with Crippen LogP contribution in [0.15, 0.2) is 36.0 Å². The average molecular weight is 297 g/mol. The zero-order chi connectivity index (χ0) is 13.8. The minimum atomic E-state index is -0.878. The molecule has 0 saturated heterocycles. The number of anilines is 1. The van der Waals surface area contributed by atoms with Crippen LogP contribution in [0.2, 0.25) is 5.02 Å². The molecule has 0 fully saturated rings. The van der Waals surface area contributed by atoms with E-state index < -0.39 is 5.97 Å². The van der Waals surface area contributed by atoms with Crippen LogP contribution in [-0.2, 0) is 4.79 Å². The van der Waals surface area contributed by atoms with Crippen LogP contribution >= 0.6 is 22.9 Å². The van der Waals surface area contributed by atoms with E-state index in [1.165, 1.54) is 11.3 Å². The molecule has 0 saturated carbocycles. The number of carboxylic acid groups (broad SMARTS) is 1. The van der Waals surface area contributed by atoms with Crippen molar-refractivity contribution in [3.63, 3.8) is 0 Å². The van der Waals surface area contributed by atoms with Gasteiger partial charge in [0.05, 0.1) is 11.6 Å². The zero-order valence-electron chi connectivity index (χ0n) is 10.3. The van der Waals surface area contributed by atoms with Crippen LogP contribution in [0.5, 0.6) is 0 Å². The van der Waals surface area contributed by atoms with E-state index in [9.17, 15) is 4.79 Å². The van der Waals surface area contributed by atoms with E-state index in [2.05, 4.69) is 4.98 Å². The minimum absolute atomic E-state index is 0.0675. The first kappa shape index (κ1) is 13.8. The van der Waals surface area contributed by atoms with Gasteiger partial charge in [-0.15, -0.1) is 11.3 Å². The van der Waals surface area contributed by atoms with Gasteiger partial charge in [0.2, 0.25) is 0 Å². The molecule has 6 heteroatoms. The van der Waals surface area contributed by atoms with Crippen LogP contribution < -0.4 is 4.90 Å². The van der Waals surface area contributed by atoms with Gasteiger partial charge in [0.1, 0.15) is 6.54 Å². The van der Waals surface area contributed by atoms with Gasteiger partial charge >= 0.3 is 5.97 Å². The van der Waals surface area contributed by atoms with Crippen LogP contribution in [0.4, 0.5) is 5.69 Å². The molecule has 1 aromatic heterocycles. The number of aliphatic carboxylic acids is 1. The molecule has 19 heavy (non-hydrogen) atoms. The molecule has 0 aliphatic rings. The second-order valence-corrected chi connectivity index (χ2v) is 5.44. The van der Waals surface area contributed by atoms with E-state index in [1.54, 1.807) is 28.7 Å². The van der Waals surface area contributed by atoms with Gasteiger partial charge in [0, 0.05) is 21.8 Å². The van der Waals surface area contributed by atoms with Crippen molar-refractivity contribution < 1.29 is 9.90 Å². The SMILES string of the molecule is CC(c1cncs1)N(CC(=O)O)c1cccc(Cl)c1. The number of benzene rings is 1. The first-order chi connectivity index (χ1) is 9.08. The molecule has 2 aromatic rings. The largest absolute Gasteiger partial charge is 0.480 e. The van der Waals surface area contributed by atoms with Gasteiger partial charge in [0.25, 0.3) is 0 Å². The van der Waals surface area contributed by atoms with E-state index >= 15 is 0 Å². The minimum Gasteiger partial charge on any atom is -0.480 e. The molecule has 4 nitrogen and oxygen atoms in total. The van der Waals surface area contributed by atoms with Crippen LogP contribution in [0.25, 0.3) is 0 Å². The third-order valence-corrected chi connectivity index (χ3v) is 3.96. The molecular formula is C13H13ClN2O2S. The number of rotatable bonds is 5. The van der Waals surface area contributed by atoms with Crippen molar-refractivity contribution in [2.75, 3.05) is 11.4 Å². The van der Waals surface area contributed by atoms with Crippen molar-refractivity contribution in [3.8, 4) is 0 Å². The van der Waals surface area contributed by atoms with Gasteiger partial charge in [0.15, 0.2) is 0 Å². The van der Waals surface area contributed by atoms with E-state index in [4.69, 9.17) is 16.7 Å². The van der Waals surface area contributed by atoms with Crippen molar-refractivity contribution in [3.05, 3.63) is 45.9 Å². The Morgan fingerprint density at radius 1 is 1.58 bits per heavy atom. The topological polar surface area (TPSA) is 53.4 Å². The second-order valence-electron chi connectivity index (χ2n) is 4.08. The maximum atomic E-state index is 11.1. The highest BCUT2D eigenvalue weighted by molar-refractivity contribution is 7.09. The highest BCUT2D eigenvalue weighted by Crippen LogP contribution is 2.30. The van der Waals surface area contributed by atoms with Gasteiger partial charge in [-0.25, -0.2) is 0 Å². The van der Waals surface area contributed by atoms with Crippen LogP contribution in [0, 0.1) is 0 Å². The Hall–Kier alpha value is -1.59. The van der Waals surface area contributed by atoms with Gasteiger partial charge in [-0.3, -0.25) is 9.78 Å². The standard InChI is InChI=1S/C13H13ClN2O2S/c1-9(12-6-15-8-19-12)16(7-13(17)18)11-4-2-3-10(14)5-11/h2-6,8-9H,7H2,1H3,(H,17,18). The van der Waals surface area contributed by atoms with Crippen molar-refractivity contribution in [2.45, 2.75) is 13.0 Å². The summed E-state index contributed by atoms with van der Waals surface area (Å²) in [6, 6.07) is 7.13. The molecule has 1 aromatic carbocycles. The molecule has 1 heterocycles. The molecule has 1 unspecified atom stereocenters. The number of nitrogens with zero attached hydrogens (tertiary/aromatic N) is 2. The number of hydrogen-bond donors (Lipinski definition) is 1. The lowest BCUT2D eigenvalue weighted by molar-refractivity contribution is -0.135. The number of hydrogen-bond acceptors (Lipinski definition) is 4. The Morgan fingerprint density at radius 2 is 2.37 bits per heavy atom. The number of carbonyl (C=O) groups is 1. The van der Waals surface area contributed by atoms with Gasteiger partial charge in [-0.1, -0.05) is 17.7 Å². The van der Waals surface area contributed by atoms with Gasteiger partial charge in [-0.2, -0.15) is 0 Å². The monoisotopic (exact) mass is 296 g/mol. The quantitative estimate of drug-likeness (QED) is 0.918. The fraction of sp³-hybridized carbons (Fsp3) is 0.231. The molecule has 0 aliphatic heterocycles. The van der Waals surface area contributed by atoms with Crippen LogP contribution in [0.1, 0.15) is 17.8 Å². The second kappa shape index (κ2) is 6.04. The smallest absolute Gasteiger partial charge is 0.323 e. The molecule has 0 spiro atoms. The Bertz CT molecular complexity index is 560. The Kier molecular flexibility index (Phi) is 4.39. The molecule has 1 atom stereocenters. The molecule has 0 amide bonds. The van der Waals surface area contributed by atoms with Crippen LogP contribution in [-0.4, -0.2) is 22.6 Å². The maximum Gasteiger partial charge on any atom is 0.323 e. The zero-order valence-corrected chi connectivity index (χ0v) is 11.9. The van der Waals surface area contributed by atoms with Crippen LogP contribution in [0.3, 0.4) is 0 Å². The summed E-state index contributed by atoms with van der Waals surface area (Å²) in [7, 11) is 0. The van der Waals surface area contributed by atoms with E-state index in [1.807, 2.05) is 19.1 Å². The number of halogens is 1. The van der Waals surface area contributed by atoms with E-state index in [0.29, 0.717) is 5.02 Å². The fourth-order valence-corrected chi connectivity index (χ4v) is 2.71. The molecule has 0 aliphatic carbocycles. The molecule has 1 N–H and O–H groups in total. The van der Waals surface area contributed by atoms with Gasteiger partial charge in [-0.05, 0) is 25.1 Å². The average Bonchev–Trinajstić information content (AvgIpc) is 2.88. The van der Waals surface area contributed by atoms with Crippen molar-refractivity contribution >= 4 is 34.6 Å². The van der Waals surface area contributed by atoms with E-state index in [-0.39, 0.29) is 12.6 Å². The Balaban J connectivity index is 2.33. The molecule has 0 bridgehead atoms. The first-order valence-electron chi connectivity index (χ1n) is 5.70. The van der Waals surface area contributed by atoms with Crippen molar-refractivity contribution in [1.82, 2.24) is 4.98 Å². The highest BCUT2D eigenvalue weighted by Gasteiger charge is 2.20. The predicted molar refractivity (Wildman–Crippen MR) is 77.0 cm³/mol. The summed E-state index contributed by atoms with van der Waals surface area (Å²) in [5.74, 6) is -0.878.